The van der Waals surface area contributed by atoms with Crippen molar-refractivity contribution in [1.82, 2.24) is 25.3 Å². The van der Waals surface area contributed by atoms with Gasteiger partial charge in [0.1, 0.15) is 23.7 Å². The smallest absolute Gasteiger partial charge is 0.407 e. The van der Waals surface area contributed by atoms with Gasteiger partial charge in [0, 0.05) is 54.7 Å². The maximum atomic E-state index is 15.3. The molecule has 2 fully saturated rings. The van der Waals surface area contributed by atoms with E-state index in [1.165, 1.54) is 27.9 Å². The van der Waals surface area contributed by atoms with Crippen molar-refractivity contribution in [1.29, 1.82) is 0 Å². The minimum Gasteiger partial charge on any atom is -0.446 e. The lowest BCUT2D eigenvalue weighted by atomic mass is 9.89. The molecule has 2 aromatic rings. The van der Waals surface area contributed by atoms with Gasteiger partial charge in [0.2, 0.25) is 11.8 Å². The highest BCUT2D eigenvalue weighted by Crippen LogP contribution is 2.37. The number of alkyl halides is 2. The molecule has 0 unspecified atom stereocenters. The van der Waals surface area contributed by atoms with Gasteiger partial charge in [-0.1, -0.05) is 11.6 Å². The molecule has 2 N–H and O–H groups in total. The number of ether oxygens (including phenoxy) is 1. The molecule has 1 aliphatic carbocycles. The van der Waals surface area contributed by atoms with E-state index in [0.717, 1.165) is 0 Å². The van der Waals surface area contributed by atoms with Crippen LogP contribution in [0, 0.1) is 5.82 Å². The quantitative estimate of drug-likeness (QED) is 0.544. The Hall–Kier alpha value is -3.61. The molecule has 1 atom stereocenters. The molecule has 196 valence electrons. The maximum absolute atomic E-state index is 15.3. The molecule has 0 bridgehead atoms. The average Bonchev–Trinajstić information content (AvgIpc) is 3.43. The molecule has 14 heteroatoms. The summed E-state index contributed by atoms with van der Waals surface area (Å²) in [5, 5.41) is 8.58. The van der Waals surface area contributed by atoms with Crippen molar-refractivity contribution < 1.29 is 37.1 Å². The molecule has 10 nitrogen and oxygen atoms in total. The lowest BCUT2D eigenvalue weighted by molar-refractivity contribution is -0.136. The molecular weight excluding hydrogens is 519 g/mol. The Morgan fingerprint density at radius 2 is 2.05 bits per heavy atom. The van der Waals surface area contributed by atoms with E-state index < -0.39 is 48.2 Å². The Labute approximate surface area is 213 Å². The number of alkyl carbamates (subject to hydrolysis) is 1. The number of benzene rings is 1. The van der Waals surface area contributed by atoms with Crippen molar-refractivity contribution in [3.8, 4) is 0 Å². The van der Waals surface area contributed by atoms with Crippen molar-refractivity contribution in [3.05, 3.63) is 51.6 Å². The van der Waals surface area contributed by atoms with Gasteiger partial charge in [-0.15, -0.1) is 0 Å². The first kappa shape index (κ1) is 25.1. The summed E-state index contributed by atoms with van der Waals surface area (Å²) >= 11 is 6.30. The van der Waals surface area contributed by atoms with Crippen LogP contribution in [-0.4, -0.2) is 50.6 Å². The first-order chi connectivity index (χ1) is 17.6. The summed E-state index contributed by atoms with van der Waals surface area (Å²) in [6.45, 7) is -0.410. The van der Waals surface area contributed by atoms with Crippen LogP contribution in [0.5, 0.6) is 0 Å². The fraction of sp³-hybridized carbons (Fsp3) is 0.435. The average molecular weight is 540 g/mol. The zero-order valence-corrected chi connectivity index (χ0v) is 19.9. The molecule has 0 radical (unpaired) electrons. The third-order valence-corrected chi connectivity index (χ3v) is 7.16. The Kier molecular flexibility index (Phi) is 6.56. The van der Waals surface area contributed by atoms with Crippen LogP contribution in [0.4, 0.5) is 18.0 Å². The largest absolute Gasteiger partial charge is 0.446 e. The van der Waals surface area contributed by atoms with E-state index in [-0.39, 0.29) is 59.4 Å². The third-order valence-electron chi connectivity index (χ3n) is 6.82. The van der Waals surface area contributed by atoms with Gasteiger partial charge in [0.25, 0.3) is 12.3 Å². The summed E-state index contributed by atoms with van der Waals surface area (Å²) in [6, 6.07) is 1.29. The molecule has 37 heavy (non-hydrogen) atoms. The van der Waals surface area contributed by atoms with Crippen LogP contribution in [-0.2, 0) is 27.4 Å². The lowest BCUT2D eigenvalue weighted by Gasteiger charge is -2.35. The van der Waals surface area contributed by atoms with Gasteiger partial charge in [-0.3, -0.25) is 24.4 Å². The minimum absolute atomic E-state index is 0.0521. The van der Waals surface area contributed by atoms with E-state index in [4.69, 9.17) is 16.3 Å². The van der Waals surface area contributed by atoms with Crippen LogP contribution < -0.4 is 10.6 Å². The van der Waals surface area contributed by atoms with Crippen LogP contribution >= 0.6 is 11.6 Å². The van der Waals surface area contributed by atoms with Crippen molar-refractivity contribution in [2.24, 2.45) is 0 Å². The number of amides is 4. The van der Waals surface area contributed by atoms with Gasteiger partial charge in [-0.05, 0) is 18.6 Å². The number of piperidine rings is 1. The van der Waals surface area contributed by atoms with Crippen molar-refractivity contribution in [3.63, 3.8) is 0 Å². The second-order valence-electron chi connectivity index (χ2n) is 9.09. The van der Waals surface area contributed by atoms with Gasteiger partial charge in [0.15, 0.2) is 0 Å². The number of nitrogens with one attached hydrogen (secondary N) is 2. The standard InChI is InChI=1S/C23H21ClF3N5O5/c24-14-5-10(8-28-23(36)37-12-6-11(7-12)32-15(20(26)27)3-4-29-32)19(25)18-13(14)9-31(22(18)35)16-1-2-17(33)30-21(16)34/h3-5,11-12,16,20H,1-2,6-9H2,(H,28,36)(H,30,33,34)/t11?,12?,16-/m0/s1. The number of rotatable bonds is 6. The number of imide groups is 1. The number of hydrogen-bond donors (Lipinski definition) is 2. The fourth-order valence-electron chi connectivity index (χ4n) is 4.84. The van der Waals surface area contributed by atoms with Crippen LogP contribution in [0.3, 0.4) is 0 Å². The second-order valence-corrected chi connectivity index (χ2v) is 9.50. The maximum Gasteiger partial charge on any atom is 0.407 e. The van der Waals surface area contributed by atoms with Crippen molar-refractivity contribution >= 4 is 35.4 Å². The summed E-state index contributed by atoms with van der Waals surface area (Å²) < 4.78 is 47.8. The van der Waals surface area contributed by atoms with Crippen LogP contribution in [0.25, 0.3) is 0 Å². The SMILES string of the molecule is O=C1CC[C@H](N2Cc3c(Cl)cc(CNC(=O)OC4CC(n5nccc5C(F)F)C4)c(F)c3C2=O)C(=O)N1. The Morgan fingerprint density at radius 1 is 1.30 bits per heavy atom. The molecule has 1 aromatic heterocycles. The Balaban J connectivity index is 1.19. The van der Waals surface area contributed by atoms with Crippen molar-refractivity contribution in [2.45, 2.75) is 63.4 Å². The van der Waals surface area contributed by atoms with Gasteiger partial charge in [0.05, 0.1) is 11.6 Å². The summed E-state index contributed by atoms with van der Waals surface area (Å²) in [6.07, 6.45) is -1.95. The Bertz CT molecular complexity index is 1300. The van der Waals surface area contributed by atoms with E-state index in [2.05, 4.69) is 15.7 Å². The monoisotopic (exact) mass is 539 g/mol. The third kappa shape index (κ3) is 4.63. The molecule has 1 aromatic carbocycles. The second kappa shape index (κ2) is 9.69. The molecule has 3 aliphatic rings. The molecule has 0 spiro atoms. The van der Waals surface area contributed by atoms with E-state index in [9.17, 15) is 28.0 Å². The molecule has 1 saturated carbocycles. The van der Waals surface area contributed by atoms with Gasteiger partial charge >= 0.3 is 6.09 Å². The first-order valence-corrected chi connectivity index (χ1v) is 11.9. The molecule has 1 saturated heterocycles. The van der Waals surface area contributed by atoms with E-state index in [1.54, 1.807) is 0 Å². The number of hydrogen-bond acceptors (Lipinski definition) is 6. The zero-order valence-electron chi connectivity index (χ0n) is 19.2. The minimum atomic E-state index is -2.66. The molecule has 3 heterocycles. The predicted octanol–water partition coefficient (Wildman–Crippen LogP) is 3.00. The zero-order chi connectivity index (χ0) is 26.4. The van der Waals surface area contributed by atoms with Crippen LogP contribution in [0.15, 0.2) is 18.3 Å². The summed E-state index contributed by atoms with van der Waals surface area (Å²) in [7, 11) is 0. The summed E-state index contributed by atoms with van der Waals surface area (Å²) in [5.74, 6) is -2.67. The number of aromatic nitrogens is 2. The number of carbonyl (C=O) groups excluding carboxylic acids is 4. The number of fused-ring (bicyclic) bond motifs is 1. The van der Waals surface area contributed by atoms with Gasteiger partial charge < -0.3 is 15.0 Å². The molecule has 2 aliphatic heterocycles. The number of carbonyl (C=O) groups is 4. The number of nitrogens with zero attached hydrogens (tertiary/aromatic N) is 3. The van der Waals surface area contributed by atoms with Gasteiger partial charge in [-0.25, -0.2) is 18.0 Å². The van der Waals surface area contributed by atoms with Gasteiger partial charge in [-0.2, -0.15) is 5.10 Å². The van der Waals surface area contributed by atoms with E-state index >= 15 is 4.39 Å². The number of halogens is 4. The lowest BCUT2D eigenvalue weighted by Crippen LogP contribution is -2.52. The molecular formula is C23H21ClF3N5O5. The topological polar surface area (TPSA) is 123 Å². The highest BCUT2D eigenvalue weighted by Gasteiger charge is 2.42. The highest BCUT2D eigenvalue weighted by molar-refractivity contribution is 6.32. The molecule has 5 rings (SSSR count). The molecule has 4 amide bonds. The highest BCUT2D eigenvalue weighted by atomic mass is 35.5. The first-order valence-electron chi connectivity index (χ1n) is 11.5. The normalized spacial score (nSPS) is 23.1. The van der Waals surface area contributed by atoms with Crippen LogP contribution in [0.2, 0.25) is 5.02 Å². The van der Waals surface area contributed by atoms with Crippen molar-refractivity contribution in [2.75, 3.05) is 0 Å². The summed E-state index contributed by atoms with van der Waals surface area (Å²) in [4.78, 5) is 50.0. The van der Waals surface area contributed by atoms with E-state index in [0.29, 0.717) is 12.8 Å². The summed E-state index contributed by atoms with van der Waals surface area (Å²) in [5.41, 5.74) is -0.313. The predicted molar refractivity (Wildman–Crippen MR) is 120 cm³/mol. The fourth-order valence-corrected chi connectivity index (χ4v) is 5.12. The Morgan fingerprint density at radius 3 is 2.76 bits per heavy atom. The van der Waals surface area contributed by atoms with Crippen LogP contribution in [0.1, 0.15) is 65.3 Å². The van der Waals surface area contributed by atoms with E-state index in [1.807, 2.05) is 0 Å².